The van der Waals surface area contributed by atoms with Gasteiger partial charge in [-0.25, -0.2) is 0 Å². The zero-order valence-corrected chi connectivity index (χ0v) is 10.1. The fourth-order valence-electron chi connectivity index (χ4n) is 2.34. The van der Waals surface area contributed by atoms with Crippen LogP contribution in [0.15, 0.2) is 0 Å². The molecule has 2 N–H and O–H groups in total. The van der Waals surface area contributed by atoms with E-state index in [4.69, 9.17) is 15.2 Å². The number of nitrogens with two attached hydrogens (primary N) is 1. The molecule has 0 bridgehead atoms. The van der Waals surface area contributed by atoms with Crippen molar-refractivity contribution < 1.29 is 9.47 Å². The minimum Gasteiger partial charge on any atom is -0.351 e. The van der Waals surface area contributed by atoms with E-state index in [1.807, 2.05) is 13.8 Å². The lowest BCUT2D eigenvalue weighted by atomic mass is 9.84. The minimum atomic E-state index is -0.205. The standard InChI is InChI=1S/C12H25NO2/c1-3-14-12(15-4-2)11(13)10-8-6-5-7-9-10/h10-12H,3-9,13H2,1-2H3. The molecule has 0 aromatic carbocycles. The smallest absolute Gasteiger partial charge is 0.172 e. The van der Waals surface area contributed by atoms with Crippen LogP contribution in [-0.2, 0) is 9.47 Å². The molecule has 0 saturated heterocycles. The van der Waals surface area contributed by atoms with Crippen LogP contribution in [0.25, 0.3) is 0 Å². The molecule has 0 heterocycles. The molecule has 1 fully saturated rings. The van der Waals surface area contributed by atoms with Crippen LogP contribution in [0.1, 0.15) is 46.0 Å². The Morgan fingerprint density at radius 1 is 1.07 bits per heavy atom. The summed E-state index contributed by atoms with van der Waals surface area (Å²) in [5, 5.41) is 0. The van der Waals surface area contributed by atoms with Crippen LogP contribution >= 0.6 is 0 Å². The van der Waals surface area contributed by atoms with Gasteiger partial charge in [-0.3, -0.25) is 0 Å². The van der Waals surface area contributed by atoms with Gasteiger partial charge in [-0.05, 0) is 32.6 Å². The Morgan fingerprint density at radius 2 is 1.60 bits per heavy atom. The summed E-state index contributed by atoms with van der Waals surface area (Å²) < 4.78 is 11.1. The van der Waals surface area contributed by atoms with Crippen molar-refractivity contribution >= 4 is 0 Å². The van der Waals surface area contributed by atoms with Gasteiger partial charge >= 0.3 is 0 Å². The predicted octanol–water partition coefficient (Wildman–Crippen LogP) is 2.29. The lowest BCUT2D eigenvalue weighted by molar-refractivity contribution is -0.157. The van der Waals surface area contributed by atoms with Gasteiger partial charge in [0.05, 0.1) is 6.04 Å². The summed E-state index contributed by atoms with van der Waals surface area (Å²) in [5.74, 6) is 0.585. The Kier molecular flexibility index (Phi) is 6.22. The molecular weight excluding hydrogens is 190 g/mol. The van der Waals surface area contributed by atoms with E-state index >= 15 is 0 Å². The van der Waals surface area contributed by atoms with E-state index < -0.39 is 0 Å². The first-order valence-corrected chi connectivity index (χ1v) is 6.28. The van der Waals surface area contributed by atoms with E-state index in [2.05, 4.69) is 0 Å². The summed E-state index contributed by atoms with van der Waals surface area (Å²) >= 11 is 0. The van der Waals surface area contributed by atoms with E-state index in [-0.39, 0.29) is 12.3 Å². The molecular formula is C12H25NO2. The van der Waals surface area contributed by atoms with E-state index in [1.165, 1.54) is 32.1 Å². The van der Waals surface area contributed by atoms with Gasteiger partial charge in [-0.15, -0.1) is 0 Å². The maximum absolute atomic E-state index is 6.21. The molecule has 15 heavy (non-hydrogen) atoms. The highest BCUT2D eigenvalue weighted by molar-refractivity contribution is 4.79. The highest BCUT2D eigenvalue weighted by Crippen LogP contribution is 2.27. The largest absolute Gasteiger partial charge is 0.351 e. The van der Waals surface area contributed by atoms with E-state index in [9.17, 15) is 0 Å². The molecule has 0 spiro atoms. The van der Waals surface area contributed by atoms with Crippen molar-refractivity contribution in [2.45, 2.75) is 58.3 Å². The maximum Gasteiger partial charge on any atom is 0.172 e. The maximum atomic E-state index is 6.21. The Hall–Kier alpha value is -0.120. The highest BCUT2D eigenvalue weighted by Gasteiger charge is 2.28. The summed E-state index contributed by atoms with van der Waals surface area (Å²) in [7, 11) is 0. The molecule has 0 radical (unpaired) electrons. The first-order chi connectivity index (χ1) is 7.29. The van der Waals surface area contributed by atoms with Crippen LogP contribution in [0, 0.1) is 5.92 Å². The fraction of sp³-hybridized carbons (Fsp3) is 1.00. The average Bonchev–Trinajstić information content (AvgIpc) is 2.29. The Balaban J connectivity index is 2.41. The molecule has 0 aromatic heterocycles. The van der Waals surface area contributed by atoms with Crippen molar-refractivity contribution in [1.82, 2.24) is 0 Å². The molecule has 1 aliphatic carbocycles. The fourth-order valence-corrected chi connectivity index (χ4v) is 2.34. The van der Waals surface area contributed by atoms with Crippen molar-refractivity contribution in [3.63, 3.8) is 0 Å². The SMILES string of the molecule is CCOC(OCC)C(N)C1CCCCC1. The van der Waals surface area contributed by atoms with Crippen LogP contribution < -0.4 is 5.73 Å². The van der Waals surface area contributed by atoms with Crippen LogP contribution in [0.2, 0.25) is 0 Å². The second kappa shape index (κ2) is 7.20. The summed E-state index contributed by atoms with van der Waals surface area (Å²) in [6.45, 7) is 5.31. The van der Waals surface area contributed by atoms with Gasteiger partial charge < -0.3 is 15.2 Å². The zero-order valence-electron chi connectivity index (χ0n) is 10.1. The van der Waals surface area contributed by atoms with E-state index in [1.54, 1.807) is 0 Å². The molecule has 1 saturated carbocycles. The van der Waals surface area contributed by atoms with Gasteiger partial charge in [-0.2, -0.15) is 0 Å². The number of hydrogen-bond acceptors (Lipinski definition) is 3. The molecule has 3 nitrogen and oxygen atoms in total. The molecule has 1 unspecified atom stereocenters. The van der Waals surface area contributed by atoms with Crippen LogP contribution in [-0.4, -0.2) is 25.5 Å². The van der Waals surface area contributed by atoms with Gasteiger partial charge in [0.25, 0.3) is 0 Å². The van der Waals surface area contributed by atoms with Crippen molar-refractivity contribution in [3.05, 3.63) is 0 Å². The quantitative estimate of drug-likeness (QED) is 0.691. The lowest BCUT2D eigenvalue weighted by Gasteiger charge is -2.32. The lowest BCUT2D eigenvalue weighted by Crippen LogP contribution is -2.45. The van der Waals surface area contributed by atoms with Gasteiger partial charge in [0.15, 0.2) is 6.29 Å². The number of ether oxygens (including phenoxy) is 2. The summed E-state index contributed by atoms with van der Waals surface area (Å²) in [6, 6.07) is 0.0465. The molecule has 1 aliphatic rings. The first-order valence-electron chi connectivity index (χ1n) is 6.28. The van der Waals surface area contributed by atoms with Crippen LogP contribution in [0.5, 0.6) is 0 Å². The van der Waals surface area contributed by atoms with Gasteiger partial charge in [0, 0.05) is 13.2 Å². The van der Waals surface area contributed by atoms with Crippen molar-refractivity contribution in [2.75, 3.05) is 13.2 Å². The number of rotatable bonds is 6. The van der Waals surface area contributed by atoms with Crippen molar-refractivity contribution in [2.24, 2.45) is 11.7 Å². The van der Waals surface area contributed by atoms with Gasteiger partial charge in [-0.1, -0.05) is 19.3 Å². The van der Waals surface area contributed by atoms with Gasteiger partial charge in [0.2, 0.25) is 0 Å². The monoisotopic (exact) mass is 215 g/mol. The molecule has 0 aromatic rings. The third kappa shape index (κ3) is 4.09. The van der Waals surface area contributed by atoms with E-state index in [0.29, 0.717) is 19.1 Å². The first kappa shape index (κ1) is 12.9. The molecule has 90 valence electrons. The topological polar surface area (TPSA) is 44.5 Å². The van der Waals surface area contributed by atoms with Crippen LogP contribution in [0.3, 0.4) is 0 Å². The third-order valence-electron chi connectivity index (χ3n) is 3.17. The van der Waals surface area contributed by atoms with Crippen molar-refractivity contribution in [3.8, 4) is 0 Å². The normalized spacial score (nSPS) is 20.8. The number of hydrogen-bond donors (Lipinski definition) is 1. The second-order valence-electron chi connectivity index (χ2n) is 4.25. The predicted molar refractivity (Wildman–Crippen MR) is 61.6 cm³/mol. The van der Waals surface area contributed by atoms with Gasteiger partial charge in [0.1, 0.15) is 0 Å². The summed E-state index contributed by atoms with van der Waals surface area (Å²) in [4.78, 5) is 0. The third-order valence-corrected chi connectivity index (χ3v) is 3.17. The average molecular weight is 215 g/mol. The Labute approximate surface area is 93.3 Å². The summed E-state index contributed by atoms with van der Waals surface area (Å²) in [5.41, 5.74) is 6.21. The molecule has 0 aliphatic heterocycles. The Morgan fingerprint density at radius 3 is 2.07 bits per heavy atom. The Bertz CT molecular complexity index is 152. The van der Waals surface area contributed by atoms with E-state index in [0.717, 1.165) is 0 Å². The summed E-state index contributed by atoms with van der Waals surface area (Å²) in [6.07, 6.45) is 6.24. The minimum absolute atomic E-state index is 0.0465. The molecule has 1 rings (SSSR count). The highest BCUT2D eigenvalue weighted by atomic mass is 16.7. The molecule has 1 atom stereocenters. The molecule has 0 amide bonds. The second-order valence-corrected chi connectivity index (χ2v) is 4.25. The van der Waals surface area contributed by atoms with Crippen LogP contribution in [0.4, 0.5) is 0 Å². The zero-order chi connectivity index (χ0) is 11.1. The molecule has 3 heteroatoms. The van der Waals surface area contributed by atoms with Crippen molar-refractivity contribution in [1.29, 1.82) is 0 Å².